The van der Waals surface area contributed by atoms with Crippen LogP contribution >= 0.6 is 11.3 Å². The number of thiophene rings is 1. The monoisotopic (exact) mass is 424 g/mol. The summed E-state index contributed by atoms with van der Waals surface area (Å²) in [7, 11) is 3.21. The number of aliphatic carboxylic acids is 1. The van der Waals surface area contributed by atoms with Crippen molar-refractivity contribution in [2.45, 2.75) is 52.6 Å². The molecule has 1 aromatic heterocycles. The summed E-state index contributed by atoms with van der Waals surface area (Å²) in [6.45, 7) is 5.06. The maximum Gasteiger partial charge on any atom is 0.341 e. The molecular formula is C20H28N2O6S. The average Bonchev–Trinajstić information content (AvgIpc) is 2.96. The van der Waals surface area contributed by atoms with Crippen LogP contribution in [0.5, 0.6) is 0 Å². The van der Waals surface area contributed by atoms with Crippen molar-refractivity contribution in [3.05, 3.63) is 16.0 Å². The van der Waals surface area contributed by atoms with E-state index in [2.05, 4.69) is 5.32 Å². The van der Waals surface area contributed by atoms with Crippen LogP contribution in [-0.4, -0.2) is 54.0 Å². The van der Waals surface area contributed by atoms with Gasteiger partial charge in [-0.05, 0) is 39.2 Å². The van der Waals surface area contributed by atoms with Crippen molar-refractivity contribution in [1.29, 1.82) is 0 Å². The summed E-state index contributed by atoms with van der Waals surface area (Å²) >= 11 is 1.01. The highest BCUT2D eigenvalue weighted by Gasteiger charge is 2.37. The molecule has 1 aliphatic rings. The molecule has 2 rings (SSSR count). The van der Waals surface area contributed by atoms with Crippen molar-refractivity contribution in [2.75, 3.05) is 19.4 Å². The van der Waals surface area contributed by atoms with Crippen LogP contribution in [0.2, 0.25) is 0 Å². The number of carbonyl (C=O) groups is 4. The van der Waals surface area contributed by atoms with Gasteiger partial charge in [0.1, 0.15) is 5.00 Å². The third-order valence-electron chi connectivity index (χ3n) is 4.95. The van der Waals surface area contributed by atoms with E-state index in [-0.39, 0.29) is 22.6 Å². The molecule has 2 amide bonds. The highest BCUT2D eigenvalue weighted by molar-refractivity contribution is 7.18. The number of hydrogen-bond donors (Lipinski definition) is 2. The minimum Gasteiger partial charge on any atom is -0.481 e. The highest BCUT2D eigenvalue weighted by atomic mass is 32.1. The van der Waals surface area contributed by atoms with Crippen LogP contribution in [0.15, 0.2) is 0 Å². The first-order chi connectivity index (χ1) is 13.5. The number of nitrogens with zero attached hydrogens (tertiary/aromatic N) is 1. The van der Waals surface area contributed by atoms with Gasteiger partial charge in [0.15, 0.2) is 0 Å². The van der Waals surface area contributed by atoms with Gasteiger partial charge in [-0.1, -0.05) is 12.8 Å². The average molecular weight is 425 g/mol. The summed E-state index contributed by atoms with van der Waals surface area (Å²) in [5.41, 5.74) is 0.581. The molecule has 2 N–H and O–H groups in total. The first-order valence-electron chi connectivity index (χ1n) is 9.64. The maximum atomic E-state index is 12.9. The molecule has 0 aromatic carbocycles. The molecule has 0 radical (unpaired) electrons. The number of esters is 1. The minimum absolute atomic E-state index is 0.143. The van der Waals surface area contributed by atoms with Crippen molar-refractivity contribution < 1.29 is 29.0 Å². The summed E-state index contributed by atoms with van der Waals surface area (Å²) in [4.78, 5) is 51.3. The van der Waals surface area contributed by atoms with Gasteiger partial charge in [-0.3, -0.25) is 14.4 Å². The topological polar surface area (TPSA) is 113 Å². The zero-order chi connectivity index (χ0) is 21.9. The Bertz CT molecular complexity index is 814. The zero-order valence-corrected chi connectivity index (χ0v) is 18.2. The van der Waals surface area contributed by atoms with Crippen LogP contribution in [0.4, 0.5) is 5.00 Å². The third-order valence-corrected chi connectivity index (χ3v) is 6.15. The van der Waals surface area contributed by atoms with Crippen molar-refractivity contribution in [3.8, 4) is 0 Å². The lowest BCUT2D eigenvalue weighted by Crippen LogP contribution is -2.36. The van der Waals surface area contributed by atoms with Gasteiger partial charge in [-0.15, -0.1) is 11.3 Å². The fraction of sp³-hybridized carbons (Fsp3) is 0.600. The molecule has 1 aliphatic carbocycles. The molecule has 8 nitrogen and oxygen atoms in total. The summed E-state index contributed by atoms with van der Waals surface area (Å²) in [6.07, 6.45) is 2.10. The van der Waals surface area contributed by atoms with Gasteiger partial charge in [0.05, 0.1) is 28.4 Å². The summed E-state index contributed by atoms with van der Waals surface area (Å²) in [5, 5.41) is 12.4. The number of anilines is 1. The van der Waals surface area contributed by atoms with Crippen molar-refractivity contribution in [3.63, 3.8) is 0 Å². The molecule has 0 aliphatic heterocycles. The number of carboxylic acids is 1. The summed E-state index contributed by atoms with van der Waals surface area (Å²) in [6, 6.07) is 0. The van der Waals surface area contributed by atoms with Gasteiger partial charge < -0.3 is 20.1 Å². The number of carbonyl (C=O) groups excluding carboxylic acids is 3. The largest absolute Gasteiger partial charge is 0.481 e. The molecule has 1 fully saturated rings. The van der Waals surface area contributed by atoms with E-state index in [1.54, 1.807) is 34.9 Å². The van der Waals surface area contributed by atoms with Crippen molar-refractivity contribution in [1.82, 2.24) is 4.90 Å². The second-order valence-electron chi connectivity index (χ2n) is 7.74. The SMILES string of the molecule is Cc1c(C(=O)N(C)C)sc(NC(=O)[C@H]2CCCC[C@@H]2C(=O)O)c1C(=O)OC(C)C. The Kier molecular flexibility index (Phi) is 7.40. The minimum atomic E-state index is -0.991. The molecule has 9 heteroatoms. The number of rotatable bonds is 6. The van der Waals surface area contributed by atoms with Crippen LogP contribution in [0, 0.1) is 18.8 Å². The standard InChI is InChI=1S/C20H28N2O6S/c1-10(2)28-20(27)14-11(3)15(18(24)22(4)5)29-17(14)21-16(23)12-8-6-7-9-13(12)19(25)26/h10,12-13H,6-9H2,1-5H3,(H,21,23)(H,25,26)/t12-,13-/m0/s1. The van der Waals surface area contributed by atoms with Gasteiger partial charge in [-0.2, -0.15) is 0 Å². The van der Waals surface area contributed by atoms with E-state index in [1.807, 2.05) is 0 Å². The molecule has 0 unspecified atom stereocenters. The third kappa shape index (κ3) is 5.14. The van der Waals surface area contributed by atoms with Crippen LogP contribution in [-0.2, 0) is 14.3 Å². The molecule has 0 spiro atoms. The number of hydrogen-bond acceptors (Lipinski definition) is 6. The molecule has 29 heavy (non-hydrogen) atoms. The normalized spacial score (nSPS) is 19.0. The van der Waals surface area contributed by atoms with Gasteiger partial charge in [0, 0.05) is 14.1 Å². The number of ether oxygens (including phenoxy) is 1. The van der Waals surface area contributed by atoms with Crippen LogP contribution < -0.4 is 5.32 Å². The predicted octanol–water partition coefficient (Wildman–Crippen LogP) is 3.15. The Morgan fingerprint density at radius 1 is 1.14 bits per heavy atom. The van der Waals surface area contributed by atoms with Crippen LogP contribution in [0.25, 0.3) is 0 Å². The molecule has 0 saturated heterocycles. The number of carboxylic acid groups (broad SMARTS) is 1. The van der Waals surface area contributed by atoms with E-state index in [1.165, 1.54) is 4.90 Å². The lowest BCUT2D eigenvalue weighted by molar-refractivity contribution is -0.147. The molecule has 2 atom stereocenters. The Hall–Kier alpha value is -2.42. The molecule has 160 valence electrons. The quantitative estimate of drug-likeness (QED) is 0.678. The van der Waals surface area contributed by atoms with Crippen molar-refractivity contribution >= 4 is 40.1 Å². The first kappa shape index (κ1) is 22.9. The first-order valence-corrected chi connectivity index (χ1v) is 10.5. The van der Waals surface area contributed by atoms with E-state index < -0.39 is 29.7 Å². The molecule has 0 bridgehead atoms. The van der Waals surface area contributed by atoms with E-state index in [0.717, 1.165) is 24.2 Å². The molecule has 1 heterocycles. The Morgan fingerprint density at radius 2 is 1.72 bits per heavy atom. The van der Waals surface area contributed by atoms with E-state index in [4.69, 9.17) is 4.74 Å². The van der Waals surface area contributed by atoms with Crippen LogP contribution in [0.3, 0.4) is 0 Å². The second kappa shape index (κ2) is 9.39. The Labute approximate surface area is 174 Å². The molecule has 1 aromatic rings. The summed E-state index contributed by atoms with van der Waals surface area (Å²) < 4.78 is 5.30. The Morgan fingerprint density at radius 3 is 2.24 bits per heavy atom. The van der Waals surface area contributed by atoms with Gasteiger partial charge in [0.2, 0.25) is 5.91 Å². The highest BCUT2D eigenvalue weighted by Crippen LogP contribution is 2.37. The molecular weight excluding hydrogens is 396 g/mol. The van der Waals surface area contributed by atoms with E-state index in [0.29, 0.717) is 23.3 Å². The van der Waals surface area contributed by atoms with Crippen LogP contribution in [0.1, 0.15) is 65.1 Å². The summed E-state index contributed by atoms with van der Waals surface area (Å²) in [5.74, 6) is -3.77. The van der Waals surface area contributed by atoms with Gasteiger partial charge in [-0.25, -0.2) is 4.79 Å². The maximum absolute atomic E-state index is 12.9. The lowest BCUT2D eigenvalue weighted by Gasteiger charge is -2.27. The second-order valence-corrected chi connectivity index (χ2v) is 8.76. The van der Waals surface area contributed by atoms with E-state index in [9.17, 15) is 24.3 Å². The van der Waals surface area contributed by atoms with Crippen molar-refractivity contribution in [2.24, 2.45) is 11.8 Å². The Balaban J connectivity index is 2.40. The lowest BCUT2D eigenvalue weighted by atomic mass is 9.79. The van der Waals surface area contributed by atoms with E-state index >= 15 is 0 Å². The number of nitrogens with one attached hydrogen (secondary N) is 1. The zero-order valence-electron chi connectivity index (χ0n) is 17.4. The van der Waals surface area contributed by atoms with Gasteiger partial charge >= 0.3 is 11.9 Å². The fourth-order valence-electron chi connectivity index (χ4n) is 3.47. The smallest absolute Gasteiger partial charge is 0.341 e. The fourth-order valence-corrected chi connectivity index (χ4v) is 4.69. The predicted molar refractivity (Wildman–Crippen MR) is 109 cm³/mol. The van der Waals surface area contributed by atoms with Gasteiger partial charge in [0.25, 0.3) is 5.91 Å². The molecule has 1 saturated carbocycles. The number of amides is 2.